The normalized spacial score (nSPS) is 15.7. The summed E-state index contributed by atoms with van der Waals surface area (Å²) in [5.41, 5.74) is 0.554. The topological polar surface area (TPSA) is 75.5 Å². The van der Waals surface area contributed by atoms with Gasteiger partial charge in [-0.05, 0) is 42.6 Å². The van der Waals surface area contributed by atoms with E-state index in [1.165, 1.54) is 42.5 Å². The number of carbonyl (C=O) groups excluding carboxylic acids is 1. The standard InChI is InChI=1S/C18H12FN3O3S/c19-13-8-2-4-11-16(13)21-17(23)14(20-18(21)26)9-5-7-12-6-1-3-10-15(12)22(24)25/h1-11H,(H,20,26)/b7-5+,14-9-. The summed E-state index contributed by atoms with van der Waals surface area (Å²) >= 11 is 5.11. The van der Waals surface area contributed by atoms with Crippen LogP contribution in [0.2, 0.25) is 0 Å². The number of nitro groups is 1. The average molecular weight is 369 g/mol. The molecule has 1 N–H and O–H groups in total. The number of hydrogen-bond donors (Lipinski definition) is 1. The van der Waals surface area contributed by atoms with Crippen LogP contribution in [0.1, 0.15) is 5.56 Å². The van der Waals surface area contributed by atoms with Gasteiger partial charge in [0.2, 0.25) is 0 Å². The predicted octanol–water partition coefficient (Wildman–Crippen LogP) is 3.55. The van der Waals surface area contributed by atoms with Crippen LogP contribution in [0.3, 0.4) is 0 Å². The molecule has 0 aromatic heterocycles. The van der Waals surface area contributed by atoms with Gasteiger partial charge in [-0.15, -0.1) is 0 Å². The Morgan fingerprint density at radius 2 is 1.85 bits per heavy atom. The van der Waals surface area contributed by atoms with E-state index < -0.39 is 16.6 Å². The molecule has 130 valence electrons. The predicted molar refractivity (Wildman–Crippen MR) is 99.8 cm³/mol. The van der Waals surface area contributed by atoms with Gasteiger partial charge in [0.15, 0.2) is 5.11 Å². The molecular formula is C18H12FN3O3S. The van der Waals surface area contributed by atoms with Crippen molar-refractivity contribution in [2.45, 2.75) is 0 Å². The largest absolute Gasteiger partial charge is 0.327 e. The molecule has 2 aromatic carbocycles. The highest BCUT2D eigenvalue weighted by atomic mass is 32.1. The van der Waals surface area contributed by atoms with Crippen molar-refractivity contribution in [2.75, 3.05) is 4.90 Å². The molecule has 1 aliphatic heterocycles. The Hall–Kier alpha value is -3.39. The lowest BCUT2D eigenvalue weighted by molar-refractivity contribution is -0.385. The number of anilines is 1. The highest BCUT2D eigenvalue weighted by Gasteiger charge is 2.33. The van der Waals surface area contributed by atoms with Gasteiger partial charge >= 0.3 is 0 Å². The van der Waals surface area contributed by atoms with E-state index in [4.69, 9.17) is 12.2 Å². The summed E-state index contributed by atoms with van der Waals surface area (Å²) in [6.07, 6.45) is 4.44. The van der Waals surface area contributed by atoms with Crippen molar-refractivity contribution in [1.29, 1.82) is 0 Å². The van der Waals surface area contributed by atoms with Gasteiger partial charge in [-0.3, -0.25) is 14.9 Å². The monoisotopic (exact) mass is 369 g/mol. The van der Waals surface area contributed by atoms with Crippen molar-refractivity contribution in [3.8, 4) is 0 Å². The lowest BCUT2D eigenvalue weighted by Crippen LogP contribution is -2.31. The molecule has 1 heterocycles. The summed E-state index contributed by atoms with van der Waals surface area (Å²) < 4.78 is 13.9. The molecule has 26 heavy (non-hydrogen) atoms. The zero-order chi connectivity index (χ0) is 18.7. The van der Waals surface area contributed by atoms with Gasteiger partial charge < -0.3 is 5.32 Å². The second-order valence-corrected chi connectivity index (χ2v) is 5.66. The fourth-order valence-electron chi connectivity index (χ4n) is 2.44. The molecule has 1 saturated heterocycles. The van der Waals surface area contributed by atoms with Gasteiger partial charge in [-0.1, -0.05) is 30.3 Å². The zero-order valence-corrected chi connectivity index (χ0v) is 14.1. The van der Waals surface area contributed by atoms with E-state index in [0.29, 0.717) is 5.56 Å². The minimum Gasteiger partial charge on any atom is -0.327 e. The minimum atomic E-state index is -0.568. The average Bonchev–Trinajstić information content (AvgIpc) is 2.90. The third kappa shape index (κ3) is 3.35. The Morgan fingerprint density at radius 3 is 2.58 bits per heavy atom. The number of amides is 1. The number of para-hydroxylation sites is 2. The van der Waals surface area contributed by atoms with Crippen LogP contribution in [0, 0.1) is 15.9 Å². The van der Waals surface area contributed by atoms with E-state index in [-0.39, 0.29) is 22.2 Å². The molecule has 0 bridgehead atoms. The first-order valence-corrected chi connectivity index (χ1v) is 7.91. The summed E-state index contributed by atoms with van der Waals surface area (Å²) in [4.78, 5) is 24.1. The molecule has 0 saturated carbocycles. The van der Waals surface area contributed by atoms with Crippen LogP contribution in [-0.4, -0.2) is 15.9 Å². The lowest BCUT2D eigenvalue weighted by atomic mass is 10.1. The lowest BCUT2D eigenvalue weighted by Gasteiger charge is -2.14. The number of halogens is 1. The van der Waals surface area contributed by atoms with Crippen LogP contribution in [0.15, 0.2) is 66.4 Å². The number of benzene rings is 2. The molecule has 1 amide bonds. The molecule has 6 nitrogen and oxygen atoms in total. The van der Waals surface area contributed by atoms with Crippen molar-refractivity contribution in [1.82, 2.24) is 5.32 Å². The van der Waals surface area contributed by atoms with Gasteiger partial charge in [-0.2, -0.15) is 0 Å². The molecule has 1 fully saturated rings. The fourth-order valence-corrected chi connectivity index (χ4v) is 2.74. The van der Waals surface area contributed by atoms with Crippen molar-refractivity contribution < 1.29 is 14.1 Å². The molecule has 0 aliphatic carbocycles. The number of nitrogens with zero attached hydrogens (tertiary/aromatic N) is 2. The van der Waals surface area contributed by atoms with Crippen molar-refractivity contribution >= 4 is 40.7 Å². The fraction of sp³-hybridized carbons (Fsp3) is 0. The Bertz CT molecular complexity index is 972. The maximum absolute atomic E-state index is 13.9. The molecule has 3 rings (SSSR count). The van der Waals surface area contributed by atoms with Crippen LogP contribution in [0.25, 0.3) is 6.08 Å². The molecule has 0 spiro atoms. The van der Waals surface area contributed by atoms with E-state index in [1.807, 2.05) is 0 Å². The van der Waals surface area contributed by atoms with E-state index in [1.54, 1.807) is 24.3 Å². The molecule has 1 aliphatic rings. The molecule has 2 aromatic rings. The van der Waals surface area contributed by atoms with Crippen LogP contribution in [0.4, 0.5) is 15.8 Å². The van der Waals surface area contributed by atoms with Gasteiger partial charge in [0.05, 0.1) is 16.2 Å². The number of rotatable bonds is 4. The third-order valence-electron chi connectivity index (χ3n) is 3.64. The van der Waals surface area contributed by atoms with Crippen molar-refractivity contribution in [3.05, 3.63) is 87.9 Å². The minimum absolute atomic E-state index is 0.0450. The smallest absolute Gasteiger partial charge is 0.281 e. The Kier molecular flexibility index (Phi) is 4.85. The third-order valence-corrected chi connectivity index (χ3v) is 3.93. The van der Waals surface area contributed by atoms with Crippen LogP contribution in [-0.2, 0) is 4.79 Å². The van der Waals surface area contributed by atoms with Gasteiger partial charge in [0.1, 0.15) is 11.5 Å². The number of nitrogens with one attached hydrogen (secondary N) is 1. The molecule has 0 unspecified atom stereocenters. The number of nitro benzene ring substituents is 1. The Labute approximate surface area is 153 Å². The first kappa shape index (κ1) is 17.4. The summed E-state index contributed by atoms with van der Waals surface area (Å²) in [6, 6.07) is 12.0. The van der Waals surface area contributed by atoms with Crippen LogP contribution < -0.4 is 10.2 Å². The number of allylic oxidation sites excluding steroid dienone is 2. The van der Waals surface area contributed by atoms with Crippen molar-refractivity contribution in [3.63, 3.8) is 0 Å². The van der Waals surface area contributed by atoms with Gasteiger partial charge in [0, 0.05) is 6.07 Å². The number of thiocarbonyl (C=S) groups is 1. The molecule has 0 atom stereocenters. The number of hydrogen-bond acceptors (Lipinski definition) is 4. The SMILES string of the molecule is O=C1/C(=C/C=C/c2ccccc2[N+](=O)[O-])NC(=S)N1c1ccccc1F. The summed E-state index contributed by atoms with van der Waals surface area (Å²) in [6.45, 7) is 0. The second kappa shape index (κ2) is 7.24. The quantitative estimate of drug-likeness (QED) is 0.386. The second-order valence-electron chi connectivity index (χ2n) is 5.28. The summed E-state index contributed by atoms with van der Waals surface area (Å²) in [7, 11) is 0. The van der Waals surface area contributed by atoms with Crippen LogP contribution in [0.5, 0.6) is 0 Å². The van der Waals surface area contributed by atoms with Crippen molar-refractivity contribution in [2.24, 2.45) is 0 Å². The number of carbonyl (C=O) groups is 1. The highest BCUT2D eigenvalue weighted by Crippen LogP contribution is 2.24. The first-order valence-electron chi connectivity index (χ1n) is 7.51. The first-order chi connectivity index (χ1) is 12.5. The summed E-state index contributed by atoms with van der Waals surface area (Å²) in [5.74, 6) is -1.07. The van der Waals surface area contributed by atoms with E-state index in [9.17, 15) is 19.3 Å². The highest BCUT2D eigenvalue weighted by molar-refractivity contribution is 7.80. The van der Waals surface area contributed by atoms with E-state index >= 15 is 0 Å². The van der Waals surface area contributed by atoms with Crippen LogP contribution >= 0.6 is 12.2 Å². The molecular weight excluding hydrogens is 357 g/mol. The maximum atomic E-state index is 13.9. The zero-order valence-electron chi connectivity index (χ0n) is 13.3. The van der Waals surface area contributed by atoms with E-state index in [0.717, 1.165) is 4.90 Å². The Morgan fingerprint density at radius 1 is 1.15 bits per heavy atom. The van der Waals surface area contributed by atoms with Gasteiger partial charge in [0.25, 0.3) is 11.6 Å². The van der Waals surface area contributed by atoms with Gasteiger partial charge in [-0.25, -0.2) is 9.29 Å². The molecule has 8 heteroatoms. The molecule has 0 radical (unpaired) electrons. The maximum Gasteiger partial charge on any atom is 0.281 e. The van der Waals surface area contributed by atoms with E-state index in [2.05, 4.69) is 5.32 Å². The summed E-state index contributed by atoms with van der Waals surface area (Å²) in [5, 5.41) is 13.8. The Balaban J connectivity index is 1.85.